The third kappa shape index (κ3) is 3.78. The molecule has 0 aromatic heterocycles. The molecule has 3 nitrogen and oxygen atoms in total. The van der Waals surface area contributed by atoms with E-state index in [0.717, 1.165) is 0 Å². The Morgan fingerprint density at radius 2 is 2.07 bits per heavy atom. The van der Waals surface area contributed by atoms with Crippen LogP contribution >= 0.6 is 23.2 Å². The Morgan fingerprint density at radius 3 is 2.67 bits per heavy atom. The molecule has 0 aliphatic carbocycles. The van der Waals surface area contributed by atoms with Gasteiger partial charge in [0.1, 0.15) is 0 Å². The molecule has 0 atom stereocenters. The van der Waals surface area contributed by atoms with Crippen LogP contribution in [0.3, 0.4) is 0 Å². The Hall–Kier alpha value is -1.24. The van der Waals surface area contributed by atoms with E-state index in [4.69, 9.17) is 28.5 Å². The summed E-state index contributed by atoms with van der Waals surface area (Å²) >= 11 is 11.8. The smallest absolute Gasteiger partial charge is 0.0640 e. The van der Waals surface area contributed by atoms with Gasteiger partial charge in [0.25, 0.3) is 0 Å². The maximum atomic E-state index is 8.29. The molecule has 0 aliphatic rings. The number of benzene rings is 1. The molecule has 1 rings (SSSR count). The molecule has 5 heteroatoms. The number of nitrogens with one attached hydrogen (secondary N) is 1. The summed E-state index contributed by atoms with van der Waals surface area (Å²) in [5.41, 5.74) is 3.39. The number of nitrogens with zero attached hydrogens (tertiary/aromatic N) is 2. The largest absolute Gasteiger partial charge is 0.309 e. The molecule has 1 N–H and O–H groups in total. The Labute approximate surface area is 98.3 Å². The van der Waals surface area contributed by atoms with Crippen molar-refractivity contribution in [2.75, 3.05) is 6.54 Å². The molecule has 0 saturated carbocycles. The van der Waals surface area contributed by atoms with Crippen LogP contribution < -0.4 is 5.43 Å². The van der Waals surface area contributed by atoms with Crippen LogP contribution in [0.4, 0.5) is 0 Å². The standard InChI is InChI=1S/C10H9Cl2N3/c11-9-3-1-4-10(12)8(9)7-15-14-6-2-5-13/h1,3-4,7,14H,2,6H2. The van der Waals surface area contributed by atoms with Crippen molar-refractivity contribution in [3.8, 4) is 6.07 Å². The lowest BCUT2D eigenvalue weighted by Crippen LogP contribution is -2.06. The quantitative estimate of drug-likeness (QED) is 0.501. The van der Waals surface area contributed by atoms with E-state index in [9.17, 15) is 0 Å². The van der Waals surface area contributed by atoms with Crippen LogP contribution in [-0.4, -0.2) is 12.8 Å². The SMILES string of the molecule is N#CCCNN=Cc1c(Cl)cccc1Cl. The first kappa shape index (κ1) is 11.8. The number of hydrazone groups is 1. The maximum Gasteiger partial charge on any atom is 0.0640 e. The second-order valence-electron chi connectivity index (χ2n) is 2.71. The number of halogens is 2. The molecule has 0 bridgehead atoms. The van der Waals surface area contributed by atoms with Crippen molar-refractivity contribution in [1.29, 1.82) is 5.26 Å². The summed E-state index contributed by atoms with van der Waals surface area (Å²) in [4.78, 5) is 0. The van der Waals surface area contributed by atoms with E-state index in [1.807, 2.05) is 6.07 Å². The number of hydrogen-bond acceptors (Lipinski definition) is 3. The predicted molar refractivity (Wildman–Crippen MR) is 62.3 cm³/mol. The Morgan fingerprint density at radius 1 is 1.40 bits per heavy atom. The first-order chi connectivity index (χ1) is 7.25. The second-order valence-corrected chi connectivity index (χ2v) is 3.52. The predicted octanol–water partition coefficient (Wildman–Crippen LogP) is 2.83. The highest BCUT2D eigenvalue weighted by Gasteiger charge is 2.01. The fraction of sp³-hybridized carbons (Fsp3) is 0.200. The average Bonchev–Trinajstić information content (AvgIpc) is 2.21. The topological polar surface area (TPSA) is 48.2 Å². The first-order valence-electron chi connectivity index (χ1n) is 4.32. The van der Waals surface area contributed by atoms with Gasteiger partial charge in [-0.2, -0.15) is 10.4 Å². The molecule has 0 heterocycles. The van der Waals surface area contributed by atoms with Gasteiger partial charge in [-0.1, -0.05) is 29.3 Å². The van der Waals surface area contributed by atoms with Crippen molar-refractivity contribution < 1.29 is 0 Å². The van der Waals surface area contributed by atoms with E-state index in [0.29, 0.717) is 28.6 Å². The van der Waals surface area contributed by atoms with E-state index in [1.165, 1.54) is 0 Å². The van der Waals surface area contributed by atoms with E-state index in [-0.39, 0.29) is 0 Å². The van der Waals surface area contributed by atoms with Gasteiger partial charge in [0.15, 0.2) is 0 Å². The lowest BCUT2D eigenvalue weighted by Gasteiger charge is -2.00. The van der Waals surface area contributed by atoms with Gasteiger partial charge in [-0.05, 0) is 12.1 Å². The van der Waals surface area contributed by atoms with Crippen molar-refractivity contribution in [1.82, 2.24) is 5.43 Å². The van der Waals surface area contributed by atoms with Crippen molar-refractivity contribution in [2.45, 2.75) is 6.42 Å². The highest BCUT2D eigenvalue weighted by atomic mass is 35.5. The van der Waals surface area contributed by atoms with Gasteiger partial charge in [0.05, 0.1) is 28.7 Å². The molecule has 0 saturated heterocycles. The normalized spacial score (nSPS) is 10.2. The zero-order chi connectivity index (χ0) is 11.1. The van der Waals surface area contributed by atoms with E-state index in [2.05, 4.69) is 10.5 Å². The molecule has 0 aliphatic heterocycles. The molecule has 0 spiro atoms. The highest BCUT2D eigenvalue weighted by molar-refractivity contribution is 6.38. The molecule has 1 aromatic carbocycles. The van der Waals surface area contributed by atoms with Crippen LogP contribution in [0, 0.1) is 11.3 Å². The molecule has 78 valence electrons. The molecule has 0 fully saturated rings. The fourth-order valence-corrected chi connectivity index (χ4v) is 1.42. The van der Waals surface area contributed by atoms with Gasteiger partial charge in [0, 0.05) is 12.1 Å². The van der Waals surface area contributed by atoms with Gasteiger partial charge in [-0.25, -0.2) is 0 Å². The molecule has 0 amide bonds. The molecular weight excluding hydrogens is 233 g/mol. The van der Waals surface area contributed by atoms with Crippen molar-refractivity contribution in [3.63, 3.8) is 0 Å². The number of hydrogen-bond donors (Lipinski definition) is 1. The van der Waals surface area contributed by atoms with Crippen LogP contribution in [0.2, 0.25) is 10.0 Å². The van der Waals surface area contributed by atoms with Crippen LogP contribution in [-0.2, 0) is 0 Å². The lowest BCUT2D eigenvalue weighted by molar-refractivity contribution is 0.750. The summed E-state index contributed by atoms with van der Waals surface area (Å²) in [7, 11) is 0. The summed E-state index contributed by atoms with van der Waals surface area (Å²) in [5, 5.41) is 13.3. The zero-order valence-electron chi connectivity index (χ0n) is 7.87. The van der Waals surface area contributed by atoms with Gasteiger partial charge < -0.3 is 5.43 Å². The minimum Gasteiger partial charge on any atom is -0.309 e. The Bertz CT molecular complexity index is 376. The van der Waals surface area contributed by atoms with Crippen LogP contribution in [0.25, 0.3) is 0 Å². The Balaban J connectivity index is 2.61. The molecule has 1 aromatic rings. The lowest BCUT2D eigenvalue weighted by atomic mass is 10.2. The average molecular weight is 242 g/mol. The van der Waals surface area contributed by atoms with Crippen LogP contribution in [0.5, 0.6) is 0 Å². The minimum atomic E-state index is 0.410. The maximum absolute atomic E-state index is 8.29. The molecule has 0 radical (unpaired) electrons. The summed E-state index contributed by atoms with van der Waals surface area (Å²) in [6.45, 7) is 0.509. The van der Waals surface area contributed by atoms with Crippen LogP contribution in [0.15, 0.2) is 23.3 Å². The summed E-state index contributed by atoms with van der Waals surface area (Å²) in [5.74, 6) is 0. The van der Waals surface area contributed by atoms with E-state index >= 15 is 0 Å². The summed E-state index contributed by atoms with van der Waals surface area (Å²) in [6, 6.07) is 7.25. The van der Waals surface area contributed by atoms with Crippen molar-refractivity contribution in [2.24, 2.45) is 5.10 Å². The highest BCUT2D eigenvalue weighted by Crippen LogP contribution is 2.21. The van der Waals surface area contributed by atoms with Crippen molar-refractivity contribution in [3.05, 3.63) is 33.8 Å². The Kier molecular flexibility index (Phi) is 4.96. The summed E-state index contributed by atoms with van der Waals surface area (Å²) in [6.07, 6.45) is 1.95. The van der Waals surface area contributed by atoms with Crippen molar-refractivity contribution >= 4 is 29.4 Å². The van der Waals surface area contributed by atoms with Gasteiger partial charge in [0.2, 0.25) is 0 Å². The molecule has 0 unspecified atom stereocenters. The minimum absolute atomic E-state index is 0.410. The molecular formula is C10H9Cl2N3. The summed E-state index contributed by atoms with van der Waals surface area (Å²) < 4.78 is 0. The van der Waals surface area contributed by atoms with Crippen LogP contribution in [0.1, 0.15) is 12.0 Å². The van der Waals surface area contributed by atoms with Gasteiger partial charge >= 0.3 is 0 Å². The molecule has 15 heavy (non-hydrogen) atoms. The third-order valence-electron chi connectivity index (χ3n) is 1.63. The van der Waals surface area contributed by atoms with E-state index < -0.39 is 0 Å². The van der Waals surface area contributed by atoms with Gasteiger partial charge in [-0.15, -0.1) is 0 Å². The monoisotopic (exact) mass is 241 g/mol. The zero-order valence-corrected chi connectivity index (χ0v) is 9.39. The fourth-order valence-electron chi connectivity index (χ4n) is 0.921. The third-order valence-corrected chi connectivity index (χ3v) is 2.29. The van der Waals surface area contributed by atoms with E-state index in [1.54, 1.807) is 24.4 Å². The second kappa shape index (κ2) is 6.28. The first-order valence-corrected chi connectivity index (χ1v) is 5.08. The number of rotatable bonds is 4. The van der Waals surface area contributed by atoms with Gasteiger partial charge in [-0.3, -0.25) is 0 Å². The number of nitriles is 1.